The average Bonchev–Trinajstić information content (AvgIpc) is 2.21. The lowest BCUT2D eigenvalue weighted by atomic mass is 10.4. The molecule has 0 aliphatic carbocycles. The Hall–Kier alpha value is -0.690. The van der Waals surface area contributed by atoms with Gasteiger partial charge in [-0.3, -0.25) is 4.79 Å². The Kier molecular flexibility index (Phi) is 10.9. The van der Waals surface area contributed by atoms with Crippen molar-refractivity contribution in [2.75, 3.05) is 46.2 Å². The largest absolute Gasteiger partial charge is 0.465 e. The zero-order chi connectivity index (χ0) is 11.4. The van der Waals surface area contributed by atoms with E-state index in [1.54, 1.807) is 0 Å². The summed E-state index contributed by atoms with van der Waals surface area (Å²) in [6, 6.07) is 0. The fourth-order valence-corrected chi connectivity index (χ4v) is 0.636. The first-order valence-electron chi connectivity index (χ1n) is 4.84. The molecule has 0 aromatic carbocycles. The predicted molar refractivity (Wildman–Crippen MR) is 51.4 cm³/mol. The van der Waals surface area contributed by atoms with Crippen molar-refractivity contribution in [3.63, 3.8) is 0 Å². The van der Waals surface area contributed by atoms with Crippen LogP contribution in [0.4, 0.5) is 0 Å². The maximum absolute atomic E-state index is 9.68. The number of carbonyl (C=O) groups excluding carboxylic acids is 1. The van der Waals surface area contributed by atoms with Gasteiger partial charge in [0.15, 0.2) is 0 Å². The number of aliphatic hydroxyl groups is 2. The van der Waals surface area contributed by atoms with E-state index in [1.807, 2.05) is 0 Å². The lowest BCUT2D eigenvalue weighted by Crippen LogP contribution is -2.18. The molecule has 0 atom stereocenters. The van der Waals surface area contributed by atoms with Gasteiger partial charge in [0.25, 0.3) is 0 Å². The first-order valence-corrected chi connectivity index (χ1v) is 4.84. The van der Waals surface area contributed by atoms with E-state index < -0.39 is 0 Å². The fourth-order valence-electron chi connectivity index (χ4n) is 0.636. The molecule has 0 bridgehead atoms. The Morgan fingerprint density at radius 1 is 1.07 bits per heavy atom. The van der Waals surface area contributed by atoms with Crippen molar-refractivity contribution in [2.24, 2.45) is 0 Å². The molecule has 0 aromatic rings. The van der Waals surface area contributed by atoms with Crippen LogP contribution in [0.3, 0.4) is 0 Å². The number of cyclic esters (lactones) is 1. The second-order valence-electron chi connectivity index (χ2n) is 2.64. The Bertz CT molecular complexity index is 136. The fraction of sp³-hybridized carbons (Fsp3) is 0.889. The molecule has 0 unspecified atom stereocenters. The van der Waals surface area contributed by atoms with Crippen LogP contribution < -0.4 is 0 Å². The van der Waals surface area contributed by atoms with Gasteiger partial charge in [0, 0.05) is 0 Å². The van der Waals surface area contributed by atoms with Crippen molar-refractivity contribution in [1.29, 1.82) is 0 Å². The van der Waals surface area contributed by atoms with Gasteiger partial charge in [-0.25, -0.2) is 0 Å². The summed E-state index contributed by atoms with van der Waals surface area (Å²) in [5.74, 6) is -0.0648. The summed E-state index contributed by atoms with van der Waals surface area (Å²) in [7, 11) is 0. The minimum atomic E-state index is -0.0648. The van der Waals surface area contributed by atoms with E-state index in [0.717, 1.165) is 0 Å². The third-order valence-corrected chi connectivity index (χ3v) is 1.41. The van der Waals surface area contributed by atoms with Gasteiger partial charge in [0.2, 0.25) is 0 Å². The van der Waals surface area contributed by atoms with Crippen LogP contribution in [0.5, 0.6) is 0 Å². The van der Waals surface area contributed by atoms with Crippen LogP contribution in [0.15, 0.2) is 0 Å². The van der Waals surface area contributed by atoms with Gasteiger partial charge in [-0.05, 0) is 0 Å². The van der Waals surface area contributed by atoms with Crippen LogP contribution in [-0.2, 0) is 19.0 Å². The SMILES string of the molecule is O=C1CCO1.OCCOCCOCCO. The van der Waals surface area contributed by atoms with E-state index in [9.17, 15) is 4.79 Å². The number of hydrogen-bond acceptors (Lipinski definition) is 6. The van der Waals surface area contributed by atoms with Crippen molar-refractivity contribution >= 4 is 5.97 Å². The van der Waals surface area contributed by atoms with Crippen molar-refractivity contribution in [3.8, 4) is 0 Å². The van der Waals surface area contributed by atoms with Gasteiger partial charge in [-0.2, -0.15) is 0 Å². The molecule has 6 nitrogen and oxygen atoms in total. The summed E-state index contributed by atoms with van der Waals surface area (Å²) in [4.78, 5) is 9.68. The van der Waals surface area contributed by atoms with Crippen LogP contribution in [0.2, 0.25) is 0 Å². The normalized spacial score (nSPS) is 13.6. The minimum absolute atomic E-state index is 0.0417. The van der Waals surface area contributed by atoms with Crippen molar-refractivity contribution in [1.82, 2.24) is 0 Å². The topological polar surface area (TPSA) is 85.2 Å². The maximum Gasteiger partial charge on any atom is 0.309 e. The monoisotopic (exact) mass is 222 g/mol. The van der Waals surface area contributed by atoms with E-state index in [4.69, 9.17) is 19.7 Å². The molecule has 1 aliphatic rings. The summed E-state index contributed by atoms with van der Waals surface area (Å²) in [6.45, 7) is 2.37. The van der Waals surface area contributed by atoms with Crippen molar-refractivity contribution < 1.29 is 29.2 Å². The van der Waals surface area contributed by atoms with E-state index in [2.05, 4.69) is 4.74 Å². The Morgan fingerprint density at radius 2 is 1.47 bits per heavy atom. The van der Waals surface area contributed by atoms with Gasteiger partial charge in [-0.15, -0.1) is 0 Å². The molecule has 0 radical (unpaired) electrons. The highest BCUT2D eigenvalue weighted by molar-refractivity contribution is 5.73. The molecule has 1 aliphatic heterocycles. The summed E-state index contributed by atoms with van der Waals surface area (Å²) in [6.07, 6.45) is 0.625. The molecule has 0 saturated carbocycles. The third kappa shape index (κ3) is 11.2. The third-order valence-electron chi connectivity index (χ3n) is 1.41. The van der Waals surface area contributed by atoms with Crippen LogP contribution in [-0.4, -0.2) is 62.4 Å². The standard InChI is InChI=1S/C6H14O4.C3H4O2/c7-1-3-9-5-6-10-4-2-8;4-3-1-2-5-3/h7-8H,1-6H2;1-2H2. The summed E-state index contributed by atoms with van der Waals surface area (Å²) >= 11 is 0. The Labute approximate surface area is 88.7 Å². The molecule has 1 rings (SSSR count). The molecule has 90 valence electrons. The lowest BCUT2D eigenvalue weighted by Gasteiger charge is -2.09. The smallest absolute Gasteiger partial charge is 0.309 e. The molecule has 0 amide bonds. The molecule has 15 heavy (non-hydrogen) atoms. The van der Waals surface area contributed by atoms with Crippen LogP contribution >= 0.6 is 0 Å². The Morgan fingerprint density at radius 3 is 1.67 bits per heavy atom. The minimum Gasteiger partial charge on any atom is -0.465 e. The summed E-state index contributed by atoms with van der Waals surface area (Å²) in [5.41, 5.74) is 0. The molecule has 2 N–H and O–H groups in total. The molecule has 1 saturated heterocycles. The van der Waals surface area contributed by atoms with Gasteiger partial charge < -0.3 is 24.4 Å². The van der Waals surface area contributed by atoms with Crippen molar-refractivity contribution in [2.45, 2.75) is 6.42 Å². The van der Waals surface area contributed by atoms with Gasteiger partial charge in [-0.1, -0.05) is 0 Å². The van der Waals surface area contributed by atoms with E-state index in [-0.39, 0.29) is 19.2 Å². The van der Waals surface area contributed by atoms with E-state index >= 15 is 0 Å². The molecule has 1 heterocycles. The molecule has 6 heteroatoms. The highest BCUT2D eigenvalue weighted by atomic mass is 16.6. The number of ether oxygens (including phenoxy) is 3. The number of esters is 1. The second-order valence-corrected chi connectivity index (χ2v) is 2.64. The first kappa shape index (κ1) is 14.3. The molecule has 0 aromatic heterocycles. The first-order chi connectivity index (χ1) is 7.31. The average molecular weight is 222 g/mol. The van der Waals surface area contributed by atoms with Gasteiger partial charge in [0.1, 0.15) is 6.61 Å². The molecular weight excluding hydrogens is 204 g/mol. The quantitative estimate of drug-likeness (QED) is 0.422. The number of aliphatic hydroxyl groups excluding tert-OH is 2. The lowest BCUT2D eigenvalue weighted by molar-refractivity contribution is -0.157. The predicted octanol–water partition coefficient (Wildman–Crippen LogP) is -1.06. The molecule has 0 spiro atoms. The van der Waals surface area contributed by atoms with E-state index in [0.29, 0.717) is 39.5 Å². The van der Waals surface area contributed by atoms with Gasteiger partial charge in [0.05, 0.1) is 46.1 Å². The van der Waals surface area contributed by atoms with Crippen LogP contribution in [0, 0.1) is 0 Å². The highest BCUT2D eigenvalue weighted by Crippen LogP contribution is 1.97. The molecular formula is C9H18O6. The number of rotatable bonds is 7. The summed E-state index contributed by atoms with van der Waals surface area (Å²) in [5, 5.41) is 16.5. The number of carbonyl (C=O) groups is 1. The Balaban J connectivity index is 0.000000322. The second kappa shape index (κ2) is 11.4. The summed E-state index contributed by atoms with van der Waals surface area (Å²) < 4.78 is 14.0. The zero-order valence-corrected chi connectivity index (χ0v) is 8.68. The van der Waals surface area contributed by atoms with Gasteiger partial charge >= 0.3 is 5.97 Å². The highest BCUT2D eigenvalue weighted by Gasteiger charge is 2.10. The maximum atomic E-state index is 9.68. The van der Waals surface area contributed by atoms with Crippen LogP contribution in [0.1, 0.15) is 6.42 Å². The molecule has 1 fully saturated rings. The van der Waals surface area contributed by atoms with Crippen LogP contribution in [0.25, 0.3) is 0 Å². The zero-order valence-electron chi connectivity index (χ0n) is 8.68. The van der Waals surface area contributed by atoms with E-state index in [1.165, 1.54) is 0 Å². The van der Waals surface area contributed by atoms with Crippen molar-refractivity contribution in [3.05, 3.63) is 0 Å². The number of hydrogen-bond donors (Lipinski definition) is 2.